The first-order chi connectivity index (χ1) is 14.0. The monoisotopic (exact) mass is 404 g/mol. The van der Waals surface area contributed by atoms with E-state index < -0.39 is 5.69 Å². The molecular formula is C23H17ClN2O3. The van der Waals surface area contributed by atoms with E-state index in [0.29, 0.717) is 16.3 Å². The minimum atomic E-state index is -0.423. The highest BCUT2D eigenvalue weighted by Gasteiger charge is 2.35. The molecule has 0 radical (unpaired) electrons. The zero-order chi connectivity index (χ0) is 20.3. The summed E-state index contributed by atoms with van der Waals surface area (Å²) in [6, 6.07) is 19.3. The first-order valence-corrected chi connectivity index (χ1v) is 9.60. The maximum absolute atomic E-state index is 13.2. The highest BCUT2D eigenvalue weighted by Crippen LogP contribution is 2.48. The summed E-state index contributed by atoms with van der Waals surface area (Å²) in [6.07, 6.45) is 0. The van der Waals surface area contributed by atoms with Gasteiger partial charge in [-0.2, -0.15) is 0 Å². The van der Waals surface area contributed by atoms with E-state index in [1.54, 1.807) is 7.05 Å². The van der Waals surface area contributed by atoms with E-state index in [1.165, 1.54) is 11.6 Å². The molecule has 0 saturated heterocycles. The molecule has 4 aromatic rings. The van der Waals surface area contributed by atoms with Crippen LogP contribution in [0.2, 0.25) is 5.02 Å². The molecule has 1 aliphatic rings. The minimum absolute atomic E-state index is 0.279. The second-order valence-electron chi connectivity index (χ2n) is 7.21. The summed E-state index contributed by atoms with van der Waals surface area (Å²) >= 11 is 6.11. The van der Waals surface area contributed by atoms with Gasteiger partial charge >= 0.3 is 5.69 Å². The SMILES string of the molecule is Cn1c2c(c(=O)n(C)c1=O)C(c1ccc(Cl)cc1)c1c(ccc3ccccc13)O2. The predicted octanol–water partition coefficient (Wildman–Crippen LogP) is 4.18. The molecular weight excluding hydrogens is 388 g/mol. The molecule has 1 aliphatic heterocycles. The van der Waals surface area contributed by atoms with E-state index in [4.69, 9.17) is 16.3 Å². The van der Waals surface area contributed by atoms with Crippen LogP contribution in [-0.2, 0) is 14.1 Å². The van der Waals surface area contributed by atoms with E-state index in [1.807, 2.05) is 60.7 Å². The van der Waals surface area contributed by atoms with Crippen LogP contribution in [0.1, 0.15) is 22.6 Å². The molecule has 1 aromatic heterocycles. The normalized spacial score (nSPS) is 14.9. The maximum Gasteiger partial charge on any atom is 0.333 e. The van der Waals surface area contributed by atoms with E-state index in [9.17, 15) is 9.59 Å². The third-order valence-electron chi connectivity index (χ3n) is 5.56. The van der Waals surface area contributed by atoms with Gasteiger partial charge in [0.25, 0.3) is 5.56 Å². The number of fused-ring (bicyclic) bond motifs is 4. The van der Waals surface area contributed by atoms with Gasteiger partial charge in [0.2, 0.25) is 5.88 Å². The Hall–Kier alpha value is -3.31. The average molecular weight is 405 g/mol. The van der Waals surface area contributed by atoms with Crippen molar-refractivity contribution >= 4 is 22.4 Å². The van der Waals surface area contributed by atoms with E-state index in [-0.39, 0.29) is 17.4 Å². The summed E-state index contributed by atoms with van der Waals surface area (Å²) in [5.41, 5.74) is 1.48. The van der Waals surface area contributed by atoms with Crippen molar-refractivity contribution < 1.29 is 4.74 Å². The van der Waals surface area contributed by atoms with Crippen LogP contribution >= 0.6 is 11.6 Å². The van der Waals surface area contributed by atoms with Crippen LogP contribution in [0, 0.1) is 0 Å². The Kier molecular flexibility index (Phi) is 3.89. The summed E-state index contributed by atoms with van der Waals surface area (Å²) in [4.78, 5) is 25.7. The lowest BCUT2D eigenvalue weighted by molar-refractivity contribution is 0.396. The van der Waals surface area contributed by atoms with Crippen molar-refractivity contribution in [3.8, 4) is 11.6 Å². The molecule has 3 aromatic carbocycles. The van der Waals surface area contributed by atoms with Gasteiger partial charge in [0, 0.05) is 30.6 Å². The number of benzene rings is 3. The smallest absolute Gasteiger partial charge is 0.333 e. The van der Waals surface area contributed by atoms with Crippen molar-refractivity contribution in [1.82, 2.24) is 9.13 Å². The number of halogens is 1. The molecule has 6 heteroatoms. The fourth-order valence-electron chi connectivity index (χ4n) is 4.12. The van der Waals surface area contributed by atoms with E-state index >= 15 is 0 Å². The van der Waals surface area contributed by atoms with Gasteiger partial charge in [-0.25, -0.2) is 4.79 Å². The van der Waals surface area contributed by atoms with Crippen LogP contribution in [0.5, 0.6) is 11.6 Å². The van der Waals surface area contributed by atoms with Gasteiger partial charge in [-0.05, 0) is 34.5 Å². The molecule has 0 saturated carbocycles. The maximum atomic E-state index is 13.2. The molecule has 5 rings (SSSR count). The first-order valence-electron chi connectivity index (χ1n) is 9.22. The predicted molar refractivity (Wildman–Crippen MR) is 113 cm³/mol. The van der Waals surface area contributed by atoms with Crippen LogP contribution in [0.25, 0.3) is 10.8 Å². The Morgan fingerprint density at radius 2 is 1.59 bits per heavy atom. The van der Waals surface area contributed by atoms with Crippen LogP contribution < -0.4 is 16.0 Å². The summed E-state index contributed by atoms with van der Waals surface area (Å²) in [5.74, 6) is 0.530. The standard InChI is InChI=1S/C23H17ClN2O3/c1-25-21(27)20-18(14-7-10-15(24)11-8-14)19-16-6-4-3-5-13(16)9-12-17(19)29-22(20)26(2)23(25)28/h3-12,18H,1-2H3. The second kappa shape index (κ2) is 6.36. The van der Waals surface area contributed by atoms with Gasteiger partial charge in [-0.3, -0.25) is 13.9 Å². The molecule has 29 heavy (non-hydrogen) atoms. The minimum Gasteiger partial charge on any atom is -0.440 e. The fourth-order valence-corrected chi connectivity index (χ4v) is 4.25. The van der Waals surface area contributed by atoms with Gasteiger partial charge in [0.1, 0.15) is 5.75 Å². The summed E-state index contributed by atoms with van der Waals surface area (Å²) in [5, 5.41) is 2.68. The molecule has 0 spiro atoms. The number of nitrogens with zero attached hydrogens (tertiary/aromatic N) is 2. The lowest BCUT2D eigenvalue weighted by Gasteiger charge is -2.30. The molecule has 0 amide bonds. The molecule has 144 valence electrons. The van der Waals surface area contributed by atoms with Crippen LogP contribution in [0.3, 0.4) is 0 Å². The summed E-state index contributed by atoms with van der Waals surface area (Å²) in [6.45, 7) is 0. The fraction of sp³-hybridized carbons (Fsp3) is 0.130. The van der Waals surface area contributed by atoms with Gasteiger partial charge < -0.3 is 4.74 Å². The Bertz CT molecular complexity index is 1400. The van der Waals surface area contributed by atoms with Gasteiger partial charge in [-0.15, -0.1) is 0 Å². The van der Waals surface area contributed by atoms with Crippen molar-refractivity contribution in [2.75, 3.05) is 0 Å². The van der Waals surface area contributed by atoms with Crippen LogP contribution in [0.15, 0.2) is 70.3 Å². The Labute approximate surface area is 171 Å². The molecule has 0 N–H and O–H groups in total. The van der Waals surface area contributed by atoms with Crippen molar-refractivity contribution in [2.24, 2.45) is 14.1 Å². The Morgan fingerprint density at radius 1 is 0.862 bits per heavy atom. The van der Waals surface area contributed by atoms with Crippen LogP contribution in [0.4, 0.5) is 0 Å². The summed E-state index contributed by atoms with van der Waals surface area (Å²) < 4.78 is 8.64. The van der Waals surface area contributed by atoms with Gasteiger partial charge in [0.05, 0.1) is 5.56 Å². The third kappa shape index (κ3) is 2.54. The highest BCUT2D eigenvalue weighted by atomic mass is 35.5. The van der Waals surface area contributed by atoms with E-state index in [2.05, 4.69) is 0 Å². The van der Waals surface area contributed by atoms with Crippen molar-refractivity contribution in [3.05, 3.63) is 103 Å². The number of hydrogen-bond acceptors (Lipinski definition) is 3. The van der Waals surface area contributed by atoms with Crippen molar-refractivity contribution in [3.63, 3.8) is 0 Å². The van der Waals surface area contributed by atoms with Crippen molar-refractivity contribution in [2.45, 2.75) is 5.92 Å². The number of hydrogen-bond donors (Lipinski definition) is 0. The Morgan fingerprint density at radius 3 is 2.34 bits per heavy atom. The molecule has 0 aliphatic carbocycles. The molecule has 0 fully saturated rings. The zero-order valence-electron chi connectivity index (χ0n) is 15.8. The number of ether oxygens (including phenoxy) is 1. The van der Waals surface area contributed by atoms with Gasteiger partial charge in [0.15, 0.2) is 0 Å². The first kappa shape index (κ1) is 17.8. The van der Waals surface area contributed by atoms with E-state index in [0.717, 1.165) is 26.5 Å². The molecule has 2 heterocycles. The second-order valence-corrected chi connectivity index (χ2v) is 7.65. The third-order valence-corrected chi connectivity index (χ3v) is 5.81. The zero-order valence-corrected chi connectivity index (χ0v) is 16.6. The molecule has 0 bridgehead atoms. The molecule has 1 unspecified atom stereocenters. The summed E-state index contributed by atoms with van der Waals surface area (Å²) in [7, 11) is 3.11. The lowest BCUT2D eigenvalue weighted by atomic mass is 9.81. The largest absolute Gasteiger partial charge is 0.440 e. The molecule has 5 nitrogen and oxygen atoms in total. The topological polar surface area (TPSA) is 53.2 Å². The number of rotatable bonds is 1. The average Bonchev–Trinajstić information content (AvgIpc) is 2.75. The van der Waals surface area contributed by atoms with Crippen molar-refractivity contribution in [1.29, 1.82) is 0 Å². The highest BCUT2D eigenvalue weighted by molar-refractivity contribution is 6.30. The quantitative estimate of drug-likeness (QED) is 0.421. The lowest BCUT2D eigenvalue weighted by Crippen LogP contribution is -2.41. The molecule has 1 atom stereocenters. The Balaban J connectivity index is 1.94. The van der Waals surface area contributed by atoms with Gasteiger partial charge in [-0.1, -0.05) is 54.1 Å². The number of aromatic nitrogens is 2. The van der Waals surface area contributed by atoms with Crippen LogP contribution in [-0.4, -0.2) is 9.13 Å².